The molecule has 1 heterocycles. The van der Waals surface area contributed by atoms with Crippen LogP contribution in [0.25, 0.3) is 4.85 Å². The topological polar surface area (TPSA) is 81.3 Å². The summed E-state index contributed by atoms with van der Waals surface area (Å²) >= 11 is 0. The fraction of sp³-hybridized carbons (Fsp3) is 0.143. The van der Waals surface area contributed by atoms with Crippen LogP contribution in [-0.4, -0.2) is 12.0 Å². The third-order valence-electron chi connectivity index (χ3n) is 1.42. The number of anilines is 3. The maximum Gasteiger partial charge on any atom is 0.250 e. The van der Waals surface area contributed by atoms with E-state index in [2.05, 4.69) is 15.1 Å². The van der Waals surface area contributed by atoms with Gasteiger partial charge in [-0.1, -0.05) is 0 Å². The van der Waals surface area contributed by atoms with E-state index < -0.39 is 0 Å². The second-order valence-electron chi connectivity index (χ2n) is 2.19. The smallest absolute Gasteiger partial charge is 0.250 e. The van der Waals surface area contributed by atoms with Gasteiger partial charge in [0.05, 0.1) is 6.57 Å². The fourth-order valence-corrected chi connectivity index (χ4v) is 0.887. The van der Waals surface area contributed by atoms with Gasteiger partial charge < -0.3 is 16.8 Å². The molecule has 1 aromatic rings. The first-order chi connectivity index (χ1) is 5.69. The number of nitrogens with one attached hydrogen (secondary N) is 1. The Hall–Kier alpha value is -1.96. The number of aromatic nitrogens is 1. The van der Waals surface area contributed by atoms with Gasteiger partial charge in [-0.05, 0) is 6.07 Å². The van der Waals surface area contributed by atoms with Crippen LogP contribution in [0.3, 0.4) is 0 Å². The lowest BCUT2D eigenvalue weighted by Crippen LogP contribution is -1.99. The number of pyridine rings is 1. The SMILES string of the molecule is [C-]#[N+]c1c(NC)cc(N)nc1N. The Morgan fingerprint density at radius 3 is 2.75 bits per heavy atom. The summed E-state index contributed by atoms with van der Waals surface area (Å²) in [6, 6.07) is 1.57. The van der Waals surface area contributed by atoms with Gasteiger partial charge in [0, 0.05) is 12.7 Å². The van der Waals surface area contributed by atoms with Gasteiger partial charge in [0.2, 0.25) is 5.69 Å². The van der Waals surface area contributed by atoms with E-state index >= 15 is 0 Å². The number of hydrogen-bond donors (Lipinski definition) is 3. The Balaban J connectivity index is 3.36. The highest BCUT2D eigenvalue weighted by atomic mass is 15.0. The van der Waals surface area contributed by atoms with E-state index in [-0.39, 0.29) is 5.82 Å². The lowest BCUT2D eigenvalue weighted by Gasteiger charge is -2.05. The van der Waals surface area contributed by atoms with Crippen molar-refractivity contribution in [3.05, 3.63) is 17.5 Å². The Labute approximate surface area is 70.2 Å². The second kappa shape index (κ2) is 2.96. The van der Waals surface area contributed by atoms with Gasteiger partial charge in [-0.15, -0.1) is 0 Å². The molecule has 0 saturated heterocycles. The first-order valence-electron chi connectivity index (χ1n) is 3.30. The van der Waals surface area contributed by atoms with Crippen LogP contribution in [-0.2, 0) is 0 Å². The Morgan fingerprint density at radius 1 is 1.58 bits per heavy atom. The summed E-state index contributed by atoms with van der Waals surface area (Å²) in [5.41, 5.74) is 11.8. The Kier molecular flexibility index (Phi) is 2.01. The Morgan fingerprint density at radius 2 is 2.25 bits per heavy atom. The monoisotopic (exact) mass is 163 g/mol. The van der Waals surface area contributed by atoms with Gasteiger partial charge in [0.1, 0.15) is 11.6 Å². The maximum atomic E-state index is 6.82. The molecule has 0 aromatic carbocycles. The highest BCUT2D eigenvalue weighted by molar-refractivity contribution is 5.81. The van der Waals surface area contributed by atoms with Gasteiger partial charge in [0.25, 0.3) is 0 Å². The zero-order valence-electron chi connectivity index (χ0n) is 6.63. The van der Waals surface area contributed by atoms with Crippen molar-refractivity contribution in [1.82, 2.24) is 4.98 Å². The number of hydrogen-bond acceptors (Lipinski definition) is 4. The number of nitrogens with zero attached hydrogens (tertiary/aromatic N) is 2. The molecule has 0 radical (unpaired) electrons. The first kappa shape index (κ1) is 8.14. The molecular formula is C7H9N5. The lowest BCUT2D eigenvalue weighted by atomic mass is 10.3. The summed E-state index contributed by atoms with van der Waals surface area (Å²) in [6.07, 6.45) is 0. The quantitative estimate of drug-likeness (QED) is 0.536. The molecule has 0 unspecified atom stereocenters. The standard InChI is InChI=1S/C7H9N5/c1-10-4-3-5(8)12-7(9)6(4)11-2/h3H,1H3,(H5,8,9,10,12). The summed E-state index contributed by atoms with van der Waals surface area (Å²) in [5.74, 6) is 0.471. The second-order valence-corrected chi connectivity index (χ2v) is 2.19. The van der Waals surface area contributed by atoms with E-state index in [0.717, 1.165) is 0 Å². The summed E-state index contributed by atoms with van der Waals surface area (Å²) in [4.78, 5) is 6.98. The van der Waals surface area contributed by atoms with E-state index in [1.54, 1.807) is 13.1 Å². The van der Waals surface area contributed by atoms with Crippen LogP contribution in [0.1, 0.15) is 0 Å². The van der Waals surface area contributed by atoms with Crippen molar-refractivity contribution in [3.63, 3.8) is 0 Å². The molecule has 5 N–H and O–H groups in total. The zero-order valence-corrected chi connectivity index (χ0v) is 6.63. The number of nitrogen functional groups attached to an aromatic ring is 2. The third kappa shape index (κ3) is 1.22. The van der Waals surface area contributed by atoms with Crippen LogP contribution in [0.5, 0.6) is 0 Å². The van der Waals surface area contributed by atoms with Crippen LogP contribution in [0.2, 0.25) is 0 Å². The number of nitrogens with two attached hydrogens (primary N) is 2. The maximum absolute atomic E-state index is 6.82. The lowest BCUT2D eigenvalue weighted by molar-refractivity contribution is 1.34. The minimum atomic E-state index is 0.161. The van der Waals surface area contributed by atoms with Crippen LogP contribution >= 0.6 is 0 Å². The molecule has 0 fully saturated rings. The van der Waals surface area contributed by atoms with E-state index in [4.69, 9.17) is 18.0 Å². The van der Waals surface area contributed by atoms with Crippen molar-refractivity contribution >= 4 is 23.0 Å². The summed E-state index contributed by atoms with van der Waals surface area (Å²) < 4.78 is 0. The first-order valence-corrected chi connectivity index (χ1v) is 3.30. The summed E-state index contributed by atoms with van der Waals surface area (Å²) in [6.45, 7) is 6.82. The molecule has 12 heavy (non-hydrogen) atoms. The molecule has 1 rings (SSSR count). The van der Waals surface area contributed by atoms with E-state index in [1.807, 2.05) is 0 Å². The molecule has 0 aliphatic carbocycles. The van der Waals surface area contributed by atoms with Crippen LogP contribution in [0.4, 0.5) is 23.0 Å². The van der Waals surface area contributed by atoms with Crippen molar-refractivity contribution in [2.45, 2.75) is 0 Å². The predicted molar refractivity (Wildman–Crippen MR) is 48.9 cm³/mol. The zero-order chi connectivity index (χ0) is 9.14. The van der Waals surface area contributed by atoms with Crippen molar-refractivity contribution in [2.24, 2.45) is 0 Å². The molecule has 5 nitrogen and oxygen atoms in total. The molecule has 0 spiro atoms. The normalized spacial score (nSPS) is 9.00. The average molecular weight is 163 g/mol. The van der Waals surface area contributed by atoms with Crippen molar-refractivity contribution in [1.29, 1.82) is 0 Å². The molecule has 0 atom stereocenters. The van der Waals surface area contributed by atoms with Gasteiger partial charge in [-0.2, -0.15) is 0 Å². The van der Waals surface area contributed by atoms with Gasteiger partial charge in [-0.25, -0.2) is 9.83 Å². The average Bonchev–Trinajstić information content (AvgIpc) is 2.03. The predicted octanol–water partition coefficient (Wildman–Crippen LogP) is 0.838. The molecule has 0 aliphatic heterocycles. The Bertz CT molecular complexity index is 338. The van der Waals surface area contributed by atoms with Crippen molar-refractivity contribution < 1.29 is 0 Å². The molecule has 0 amide bonds. The molecule has 0 bridgehead atoms. The van der Waals surface area contributed by atoms with Crippen molar-refractivity contribution in [3.8, 4) is 0 Å². The fourth-order valence-electron chi connectivity index (χ4n) is 0.887. The molecule has 1 aromatic heterocycles. The van der Waals surface area contributed by atoms with Crippen LogP contribution in [0.15, 0.2) is 6.07 Å². The van der Waals surface area contributed by atoms with Gasteiger partial charge in [-0.3, -0.25) is 0 Å². The third-order valence-corrected chi connectivity index (χ3v) is 1.42. The van der Waals surface area contributed by atoms with E-state index in [9.17, 15) is 0 Å². The van der Waals surface area contributed by atoms with Crippen LogP contribution in [0, 0.1) is 6.57 Å². The molecule has 0 saturated carbocycles. The largest absolute Gasteiger partial charge is 0.396 e. The van der Waals surface area contributed by atoms with Gasteiger partial charge >= 0.3 is 0 Å². The molecule has 62 valence electrons. The highest BCUT2D eigenvalue weighted by Gasteiger charge is 2.07. The minimum Gasteiger partial charge on any atom is -0.396 e. The summed E-state index contributed by atoms with van der Waals surface area (Å²) in [7, 11) is 1.70. The van der Waals surface area contributed by atoms with Crippen LogP contribution < -0.4 is 16.8 Å². The molecule has 0 aliphatic rings. The highest BCUT2D eigenvalue weighted by Crippen LogP contribution is 2.31. The number of rotatable bonds is 1. The van der Waals surface area contributed by atoms with E-state index in [0.29, 0.717) is 17.2 Å². The van der Waals surface area contributed by atoms with Gasteiger partial charge in [0.15, 0.2) is 0 Å². The molecule has 5 heteroatoms. The van der Waals surface area contributed by atoms with Crippen molar-refractivity contribution in [2.75, 3.05) is 23.8 Å². The van der Waals surface area contributed by atoms with E-state index in [1.165, 1.54) is 0 Å². The summed E-state index contributed by atoms with van der Waals surface area (Å²) in [5, 5.41) is 2.81. The minimum absolute atomic E-state index is 0.161. The molecular weight excluding hydrogens is 154 g/mol.